The lowest BCUT2D eigenvalue weighted by atomic mass is 10.1. The molecule has 1 aromatic heterocycles. The van der Waals surface area contributed by atoms with Crippen molar-refractivity contribution in [3.05, 3.63) is 17.3 Å². The van der Waals surface area contributed by atoms with Gasteiger partial charge in [0.15, 0.2) is 5.78 Å². The average Bonchev–Trinajstić information content (AvgIpc) is 2.46. The summed E-state index contributed by atoms with van der Waals surface area (Å²) in [6, 6.07) is 1.25. The van der Waals surface area contributed by atoms with Crippen LogP contribution in [-0.2, 0) is 0 Å². The van der Waals surface area contributed by atoms with Crippen LogP contribution in [0.3, 0.4) is 0 Å². The third kappa shape index (κ3) is 1.69. The number of Topliss-reactive ketones (excluding diaryl/α,β-unsaturated/α-hetero) is 1. The van der Waals surface area contributed by atoms with Crippen molar-refractivity contribution < 1.29 is 14.7 Å². The van der Waals surface area contributed by atoms with Crippen molar-refractivity contribution in [3.8, 4) is 0 Å². The summed E-state index contributed by atoms with van der Waals surface area (Å²) in [5.74, 6) is -1.17. The number of carbonyl (C=O) groups is 2. The van der Waals surface area contributed by atoms with Gasteiger partial charge in [-0.15, -0.1) is 0 Å². The van der Waals surface area contributed by atoms with Crippen LogP contribution in [0.5, 0.6) is 0 Å². The molecular weight excluding hydrogens is 172 g/mol. The molecule has 1 rings (SSSR count). The zero-order valence-electron chi connectivity index (χ0n) is 7.13. The van der Waals surface area contributed by atoms with E-state index in [1.54, 1.807) is 6.92 Å². The van der Waals surface area contributed by atoms with Crippen LogP contribution in [0.2, 0.25) is 0 Å². The standard InChI is InChI=1S/C8H10N2O3/c1-2-6(11)4-3-5(8(12)13)10-7(4)9/h3,10H,2,9H2,1H3,(H,12,13). The summed E-state index contributed by atoms with van der Waals surface area (Å²) in [6.07, 6.45) is 0.307. The molecule has 0 atom stereocenters. The first kappa shape index (κ1) is 9.31. The summed E-state index contributed by atoms with van der Waals surface area (Å²) in [7, 11) is 0. The molecule has 0 unspecified atom stereocenters. The van der Waals surface area contributed by atoms with Crippen molar-refractivity contribution in [1.29, 1.82) is 0 Å². The van der Waals surface area contributed by atoms with E-state index < -0.39 is 5.97 Å². The molecule has 1 aromatic rings. The fraction of sp³-hybridized carbons (Fsp3) is 0.250. The maximum absolute atomic E-state index is 11.2. The molecule has 0 amide bonds. The zero-order valence-corrected chi connectivity index (χ0v) is 7.13. The molecule has 0 aliphatic heterocycles. The van der Waals surface area contributed by atoms with Gasteiger partial charge in [-0.05, 0) is 6.07 Å². The monoisotopic (exact) mass is 182 g/mol. The van der Waals surface area contributed by atoms with Crippen molar-refractivity contribution in [1.82, 2.24) is 4.98 Å². The Morgan fingerprint density at radius 1 is 1.62 bits per heavy atom. The van der Waals surface area contributed by atoms with Crippen LogP contribution in [-0.4, -0.2) is 21.8 Å². The molecule has 0 aromatic carbocycles. The Morgan fingerprint density at radius 2 is 2.23 bits per heavy atom. The Labute approximate surface area is 74.6 Å². The molecule has 5 nitrogen and oxygen atoms in total. The molecule has 4 N–H and O–H groups in total. The first-order valence-electron chi connectivity index (χ1n) is 3.81. The third-order valence-electron chi connectivity index (χ3n) is 1.70. The van der Waals surface area contributed by atoms with Gasteiger partial charge in [0.05, 0.1) is 5.56 Å². The molecule has 0 fully saturated rings. The number of nitrogens with one attached hydrogen (secondary N) is 1. The van der Waals surface area contributed by atoms with E-state index in [1.807, 2.05) is 0 Å². The number of carboxylic acids is 1. The van der Waals surface area contributed by atoms with E-state index in [1.165, 1.54) is 6.07 Å². The van der Waals surface area contributed by atoms with Gasteiger partial charge in [-0.25, -0.2) is 4.79 Å². The van der Waals surface area contributed by atoms with Gasteiger partial charge in [0, 0.05) is 6.42 Å². The molecule has 0 radical (unpaired) electrons. The van der Waals surface area contributed by atoms with Crippen LogP contribution in [0, 0.1) is 0 Å². The fourth-order valence-electron chi connectivity index (χ4n) is 1.01. The van der Waals surface area contributed by atoms with Gasteiger partial charge in [0.25, 0.3) is 0 Å². The number of hydrogen-bond donors (Lipinski definition) is 3. The van der Waals surface area contributed by atoms with E-state index in [0.29, 0.717) is 6.42 Å². The number of nitrogen functional groups attached to an aromatic ring is 1. The Balaban J connectivity index is 3.10. The summed E-state index contributed by atoms with van der Waals surface area (Å²) in [5.41, 5.74) is 5.60. The summed E-state index contributed by atoms with van der Waals surface area (Å²) in [4.78, 5) is 24.1. The van der Waals surface area contributed by atoms with E-state index in [-0.39, 0.29) is 22.9 Å². The Bertz CT molecular complexity index is 354. The molecule has 70 valence electrons. The maximum atomic E-state index is 11.2. The number of nitrogens with two attached hydrogens (primary N) is 1. The third-order valence-corrected chi connectivity index (χ3v) is 1.70. The lowest BCUT2D eigenvalue weighted by Crippen LogP contribution is -1.99. The predicted octanol–water partition coefficient (Wildman–Crippen LogP) is 0.888. The molecule has 0 saturated heterocycles. The van der Waals surface area contributed by atoms with Crippen LogP contribution < -0.4 is 5.73 Å². The highest BCUT2D eigenvalue weighted by atomic mass is 16.4. The first-order chi connectivity index (χ1) is 6.06. The molecule has 5 heteroatoms. The van der Waals surface area contributed by atoms with E-state index in [2.05, 4.69) is 4.98 Å². The normalized spacial score (nSPS) is 9.92. The number of H-pyrrole nitrogens is 1. The Hall–Kier alpha value is -1.78. The molecule has 0 saturated carbocycles. The van der Waals surface area contributed by atoms with Crippen molar-refractivity contribution in [2.75, 3.05) is 5.73 Å². The number of aromatic nitrogens is 1. The summed E-state index contributed by atoms with van der Waals surface area (Å²) in [5, 5.41) is 8.58. The second kappa shape index (κ2) is 3.30. The highest BCUT2D eigenvalue weighted by Gasteiger charge is 2.14. The minimum absolute atomic E-state index is 0.0608. The highest BCUT2D eigenvalue weighted by molar-refractivity contribution is 6.02. The molecule has 0 spiro atoms. The second-order valence-electron chi connectivity index (χ2n) is 2.59. The number of hydrogen-bond acceptors (Lipinski definition) is 3. The molecule has 13 heavy (non-hydrogen) atoms. The van der Waals surface area contributed by atoms with E-state index in [9.17, 15) is 9.59 Å². The number of carbonyl (C=O) groups excluding carboxylic acids is 1. The van der Waals surface area contributed by atoms with Crippen molar-refractivity contribution in [2.45, 2.75) is 13.3 Å². The number of ketones is 1. The van der Waals surface area contributed by atoms with Gasteiger partial charge in [-0.1, -0.05) is 6.92 Å². The minimum Gasteiger partial charge on any atom is -0.477 e. The minimum atomic E-state index is -1.12. The molecule has 1 heterocycles. The highest BCUT2D eigenvalue weighted by Crippen LogP contribution is 2.14. The molecular formula is C8H10N2O3. The smallest absolute Gasteiger partial charge is 0.352 e. The second-order valence-corrected chi connectivity index (χ2v) is 2.59. The number of carboxylic acid groups (broad SMARTS) is 1. The van der Waals surface area contributed by atoms with Crippen LogP contribution in [0.4, 0.5) is 5.82 Å². The fourth-order valence-corrected chi connectivity index (χ4v) is 1.01. The summed E-state index contributed by atoms with van der Waals surface area (Å²) >= 11 is 0. The zero-order chi connectivity index (χ0) is 10.0. The van der Waals surface area contributed by atoms with Gasteiger partial charge in [0.1, 0.15) is 11.5 Å². The van der Waals surface area contributed by atoms with Gasteiger partial charge in [-0.2, -0.15) is 0 Å². The predicted molar refractivity (Wildman–Crippen MR) is 46.8 cm³/mol. The van der Waals surface area contributed by atoms with Crippen molar-refractivity contribution >= 4 is 17.6 Å². The van der Waals surface area contributed by atoms with Gasteiger partial charge < -0.3 is 15.8 Å². The van der Waals surface area contributed by atoms with E-state index >= 15 is 0 Å². The van der Waals surface area contributed by atoms with Crippen LogP contribution in [0.25, 0.3) is 0 Å². The largest absolute Gasteiger partial charge is 0.477 e. The van der Waals surface area contributed by atoms with E-state index in [4.69, 9.17) is 10.8 Å². The SMILES string of the molecule is CCC(=O)c1cc(C(=O)O)[nH]c1N. The van der Waals surface area contributed by atoms with Gasteiger partial charge in [0.2, 0.25) is 0 Å². The van der Waals surface area contributed by atoms with Crippen molar-refractivity contribution in [3.63, 3.8) is 0 Å². The maximum Gasteiger partial charge on any atom is 0.352 e. The molecule has 0 aliphatic rings. The number of aromatic amines is 1. The van der Waals surface area contributed by atoms with Gasteiger partial charge in [-0.3, -0.25) is 4.79 Å². The molecule has 0 bridgehead atoms. The van der Waals surface area contributed by atoms with Crippen LogP contribution >= 0.6 is 0 Å². The van der Waals surface area contributed by atoms with Crippen LogP contribution in [0.15, 0.2) is 6.07 Å². The quantitative estimate of drug-likeness (QED) is 0.604. The molecule has 0 aliphatic carbocycles. The van der Waals surface area contributed by atoms with E-state index in [0.717, 1.165) is 0 Å². The number of rotatable bonds is 3. The number of aromatic carboxylic acids is 1. The first-order valence-corrected chi connectivity index (χ1v) is 3.81. The lowest BCUT2D eigenvalue weighted by Gasteiger charge is -1.92. The van der Waals surface area contributed by atoms with Crippen molar-refractivity contribution in [2.24, 2.45) is 0 Å². The summed E-state index contributed by atoms with van der Waals surface area (Å²) < 4.78 is 0. The summed E-state index contributed by atoms with van der Waals surface area (Å²) in [6.45, 7) is 1.69. The van der Waals surface area contributed by atoms with Crippen LogP contribution in [0.1, 0.15) is 34.2 Å². The Morgan fingerprint density at radius 3 is 2.62 bits per heavy atom. The Kier molecular flexibility index (Phi) is 2.36. The topological polar surface area (TPSA) is 96.2 Å². The lowest BCUT2D eigenvalue weighted by molar-refractivity contribution is 0.0691. The van der Waals surface area contributed by atoms with Gasteiger partial charge >= 0.3 is 5.97 Å². The number of anilines is 1. The average molecular weight is 182 g/mol.